The summed E-state index contributed by atoms with van der Waals surface area (Å²) >= 11 is 0. The van der Waals surface area contributed by atoms with Crippen molar-refractivity contribution in [1.82, 2.24) is 29.7 Å². The van der Waals surface area contributed by atoms with Gasteiger partial charge in [0, 0.05) is 82.5 Å². The average Bonchev–Trinajstić information content (AvgIpc) is 2.92. The summed E-state index contributed by atoms with van der Waals surface area (Å²) in [7, 11) is 4.37. The Morgan fingerprint density at radius 2 is 0.925 bits per heavy atom. The lowest BCUT2D eigenvalue weighted by Gasteiger charge is -2.32. The number of fused-ring (bicyclic) bond motifs is 6. The van der Waals surface area contributed by atoms with Crippen molar-refractivity contribution >= 4 is 0 Å². The number of nitrogens with zero attached hydrogens (tertiary/aromatic N) is 6. The Balaban J connectivity index is 1.62. The summed E-state index contributed by atoms with van der Waals surface area (Å²) in [5, 5.41) is 0. The summed E-state index contributed by atoms with van der Waals surface area (Å²) in [6.45, 7) is 9.92. The largest absolute Gasteiger partial charge is 0.298 e. The van der Waals surface area contributed by atoms with Gasteiger partial charge in [-0.05, 0) is 60.3 Å². The molecule has 0 spiro atoms. The van der Waals surface area contributed by atoms with E-state index in [2.05, 4.69) is 88.2 Å². The predicted octanol–water partition coefficient (Wildman–Crippen LogP) is 6.98. The average molecular weight is 543 g/mol. The molecule has 0 aliphatic carbocycles. The summed E-state index contributed by atoms with van der Waals surface area (Å²) in [5.41, 5.74) is 7.61. The predicted molar refractivity (Wildman–Crippen MR) is 164 cm³/mol. The van der Waals surface area contributed by atoms with E-state index in [0.29, 0.717) is 6.04 Å². The fraction of sp³-hybridized carbons (Fsp3) is 0.559. The Morgan fingerprint density at radius 3 is 1.32 bits per heavy atom. The molecule has 0 N–H and O–H groups in total. The maximum atomic E-state index is 4.68. The molecule has 6 nitrogen and oxygen atoms in total. The molecule has 1 aliphatic heterocycles. The minimum Gasteiger partial charge on any atom is -0.298 e. The van der Waals surface area contributed by atoms with Crippen LogP contribution in [0.5, 0.6) is 0 Å². The van der Waals surface area contributed by atoms with Crippen LogP contribution in [0.25, 0.3) is 0 Å². The third-order valence-corrected chi connectivity index (χ3v) is 7.92. The van der Waals surface area contributed by atoms with Gasteiger partial charge in [-0.25, -0.2) is 0 Å². The fourth-order valence-corrected chi connectivity index (χ4v) is 6.11. The van der Waals surface area contributed by atoms with Crippen molar-refractivity contribution in [3.63, 3.8) is 0 Å². The highest BCUT2D eigenvalue weighted by Gasteiger charge is 2.20. The summed E-state index contributed by atoms with van der Waals surface area (Å²) < 4.78 is 0. The Morgan fingerprint density at radius 1 is 0.525 bits per heavy atom. The number of pyridine rings is 3. The van der Waals surface area contributed by atoms with Crippen molar-refractivity contribution in [3.8, 4) is 0 Å². The molecule has 40 heavy (non-hydrogen) atoms. The summed E-state index contributed by atoms with van der Waals surface area (Å²) in [5.74, 6) is 0. The summed E-state index contributed by atoms with van der Waals surface area (Å²) in [4.78, 5) is 21.3. The van der Waals surface area contributed by atoms with Crippen LogP contribution in [0, 0.1) is 0 Å². The van der Waals surface area contributed by atoms with Crippen LogP contribution in [0.1, 0.15) is 98.6 Å². The molecule has 1 aliphatic rings. The first-order chi connectivity index (χ1) is 19.5. The number of rotatable bonds is 9. The van der Waals surface area contributed by atoms with E-state index in [4.69, 9.17) is 0 Å². The molecule has 0 aromatic carbocycles. The molecular formula is C34H50N6. The van der Waals surface area contributed by atoms with E-state index in [1.54, 1.807) is 0 Å². The van der Waals surface area contributed by atoms with Crippen molar-refractivity contribution in [2.24, 2.45) is 0 Å². The van der Waals surface area contributed by atoms with Crippen LogP contribution in [-0.2, 0) is 39.3 Å². The second-order valence-corrected chi connectivity index (χ2v) is 12.0. The third kappa shape index (κ3) is 9.76. The lowest BCUT2D eigenvalue weighted by atomic mass is 9.99. The lowest BCUT2D eigenvalue weighted by molar-refractivity contribution is 0.155. The van der Waals surface area contributed by atoms with Crippen LogP contribution in [0.15, 0.2) is 55.4 Å². The molecule has 3 aromatic heterocycles. The molecule has 4 rings (SSSR count). The third-order valence-electron chi connectivity index (χ3n) is 7.92. The molecule has 6 bridgehead atoms. The molecule has 216 valence electrons. The molecule has 1 unspecified atom stereocenters. The first-order valence-electron chi connectivity index (χ1n) is 15.4. The van der Waals surface area contributed by atoms with Gasteiger partial charge in [0.05, 0.1) is 0 Å². The van der Waals surface area contributed by atoms with E-state index < -0.39 is 0 Å². The number of hydrogen-bond donors (Lipinski definition) is 0. The second kappa shape index (κ2) is 15.9. The number of aromatic nitrogens is 3. The van der Waals surface area contributed by atoms with Crippen molar-refractivity contribution < 1.29 is 0 Å². The maximum absolute atomic E-state index is 4.68. The molecule has 3 aromatic rings. The van der Waals surface area contributed by atoms with Crippen LogP contribution in [-0.4, -0.2) is 49.8 Å². The standard InChI is InChI=1S/C34H50N6/c1-5-7-8-9-10-12-34(11-6-2)40-26-32-14-30(18-36-20-32)24-38(3)22-28-13-29(17-35-16-28)23-39(4)25-31-15-33(27-40)21-37-19-31/h13-21,34H,5-12,22-27H2,1-4H3. The van der Waals surface area contributed by atoms with Gasteiger partial charge < -0.3 is 0 Å². The van der Waals surface area contributed by atoms with Gasteiger partial charge in [-0.3, -0.25) is 29.7 Å². The normalized spacial score (nSPS) is 16.8. The highest BCUT2D eigenvalue weighted by molar-refractivity contribution is 5.22. The topological polar surface area (TPSA) is 48.4 Å². The molecule has 0 saturated carbocycles. The van der Waals surface area contributed by atoms with Gasteiger partial charge in [-0.15, -0.1) is 0 Å². The molecule has 0 radical (unpaired) electrons. The molecule has 0 saturated heterocycles. The Hall–Kier alpha value is -2.67. The Kier molecular flexibility index (Phi) is 12.1. The Labute approximate surface area is 242 Å². The van der Waals surface area contributed by atoms with E-state index >= 15 is 0 Å². The highest BCUT2D eigenvalue weighted by atomic mass is 15.2. The quantitative estimate of drug-likeness (QED) is 0.272. The molecule has 6 heteroatoms. The highest BCUT2D eigenvalue weighted by Crippen LogP contribution is 2.23. The minimum atomic E-state index is 0.562. The summed E-state index contributed by atoms with van der Waals surface area (Å²) in [6, 6.07) is 7.58. The molecule has 0 fully saturated rings. The SMILES string of the molecule is CCCCCCCC(CCC)N1Cc2cncc(c2)CN(C)Cc2cncc(c2)CN(C)Cc2cncc(c2)C1. The van der Waals surface area contributed by atoms with Gasteiger partial charge in [-0.1, -0.05) is 70.6 Å². The van der Waals surface area contributed by atoms with Gasteiger partial charge in [0.25, 0.3) is 0 Å². The molecule has 1 atom stereocenters. The van der Waals surface area contributed by atoms with E-state index in [0.717, 1.165) is 39.3 Å². The van der Waals surface area contributed by atoms with Gasteiger partial charge in [0.2, 0.25) is 0 Å². The lowest BCUT2D eigenvalue weighted by Crippen LogP contribution is -2.34. The second-order valence-electron chi connectivity index (χ2n) is 12.0. The molecular weight excluding hydrogens is 492 g/mol. The van der Waals surface area contributed by atoms with Crippen LogP contribution >= 0.6 is 0 Å². The first kappa shape index (κ1) is 30.3. The fourth-order valence-electron chi connectivity index (χ4n) is 6.11. The zero-order valence-corrected chi connectivity index (χ0v) is 25.4. The molecule has 0 amide bonds. The van der Waals surface area contributed by atoms with Crippen molar-refractivity contribution in [2.45, 2.75) is 111 Å². The van der Waals surface area contributed by atoms with Crippen molar-refractivity contribution in [1.29, 1.82) is 0 Å². The van der Waals surface area contributed by atoms with Crippen LogP contribution in [0.4, 0.5) is 0 Å². The van der Waals surface area contributed by atoms with Crippen molar-refractivity contribution in [2.75, 3.05) is 14.1 Å². The van der Waals surface area contributed by atoms with E-state index in [1.165, 1.54) is 84.7 Å². The maximum Gasteiger partial charge on any atom is 0.0313 e. The van der Waals surface area contributed by atoms with E-state index in [1.807, 2.05) is 24.8 Å². The van der Waals surface area contributed by atoms with Gasteiger partial charge >= 0.3 is 0 Å². The first-order valence-corrected chi connectivity index (χ1v) is 15.4. The summed E-state index contributed by atoms with van der Waals surface area (Å²) in [6.07, 6.45) is 22.5. The number of unbranched alkanes of at least 4 members (excludes halogenated alkanes) is 4. The van der Waals surface area contributed by atoms with Crippen LogP contribution < -0.4 is 0 Å². The van der Waals surface area contributed by atoms with E-state index in [-0.39, 0.29) is 0 Å². The monoisotopic (exact) mass is 542 g/mol. The van der Waals surface area contributed by atoms with Crippen LogP contribution in [0.2, 0.25) is 0 Å². The van der Waals surface area contributed by atoms with Gasteiger partial charge in [0.1, 0.15) is 0 Å². The zero-order valence-electron chi connectivity index (χ0n) is 25.4. The van der Waals surface area contributed by atoms with Crippen LogP contribution in [0.3, 0.4) is 0 Å². The van der Waals surface area contributed by atoms with Crippen molar-refractivity contribution in [3.05, 3.63) is 88.8 Å². The zero-order chi connectivity index (χ0) is 28.2. The Bertz CT molecular complexity index is 1090. The minimum absolute atomic E-state index is 0.562. The molecule has 4 heterocycles. The van der Waals surface area contributed by atoms with Gasteiger partial charge in [0.15, 0.2) is 0 Å². The van der Waals surface area contributed by atoms with Gasteiger partial charge in [-0.2, -0.15) is 0 Å². The smallest absolute Gasteiger partial charge is 0.0313 e. The van der Waals surface area contributed by atoms with E-state index in [9.17, 15) is 0 Å². The number of hydrogen-bond acceptors (Lipinski definition) is 6.